The first-order valence-corrected chi connectivity index (χ1v) is 8.69. The van der Waals surface area contributed by atoms with Crippen LogP contribution in [-0.2, 0) is 6.42 Å². The van der Waals surface area contributed by atoms with Gasteiger partial charge in [0, 0.05) is 6.04 Å². The number of nitrogens with two attached hydrogens (primary N) is 1. The Balaban J connectivity index is 2.11. The molecule has 1 fully saturated rings. The van der Waals surface area contributed by atoms with Gasteiger partial charge in [0.15, 0.2) is 0 Å². The van der Waals surface area contributed by atoms with Gasteiger partial charge in [-0.05, 0) is 66.1 Å². The van der Waals surface area contributed by atoms with Gasteiger partial charge in [-0.1, -0.05) is 31.9 Å². The molecule has 1 unspecified atom stereocenters. The maximum absolute atomic E-state index is 6.34. The van der Waals surface area contributed by atoms with Crippen LogP contribution in [0.4, 0.5) is 0 Å². The molecule has 0 radical (unpaired) electrons. The lowest BCUT2D eigenvalue weighted by Gasteiger charge is -2.21. The molecule has 1 atom stereocenters. The van der Waals surface area contributed by atoms with E-state index in [1.807, 2.05) is 0 Å². The molecule has 0 saturated heterocycles. The van der Waals surface area contributed by atoms with E-state index in [9.17, 15) is 0 Å². The fourth-order valence-electron chi connectivity index (χ4n) is 2.80. The van der Waals surface area contributed by atoms with Gasteiger partial charge in [-0.3, -0.25) is 0 Å². The summed E-state index contributed by atoms with van der Waals surface area (Å²) in [5.41, 5.74) is 7.35. The van der Waals surface area contributed by atoms with Crippen molar-refractivity contribution < 1.29 is 4.74 Å². The highest BCUT2D eigenvalue weighted by Crippen LogP contribution is 2.33. The van der Waals surface area contributed by atoms with E-state index in [-0.39, 0.29) is 6.04 Å². The Morgan fingerprint density at radius 3 is 2.60 bits per heavy atom. The van der Waals surface area contributed by atoms with Gasteiger partial charge in [-0.15, -0.1) is 0 Å². The zero-order chi connectivity index (χ0) is 14.4. The van der Waals surface area contributed by atoms with E-state index in [1.54, 1.807) is 0 Å². The largest absolute Gasteiger partial charge is 0.489 e. The zero-order valence-corrected chi connectivity index (χ0v) is 14.0. The zero-order valence-electron chi connectivity index (χ0n) is 12.4. The van der Waals surface area contributed by atoms with Crippen LogP contribution in [0.25, 0.3) is 0 Å². The van der Waals surface area contributed by atoms with Crippen LogP contribution in [0.5, 0.6) is 5.75 Å². The smallest absolute Gasteiger partial charge is 0.137 e. The van der Waals surface area contributed by atoms with E-state index in [0.717, 1.165) is 23.1 Å². The minimum atomic E-state index is 0.209. The molecule has 2 N–H and O–H groups in total. The van der Waals surface area contributed by atoms with E-state index < -0.39 is 0 Å². The normalized spacial score (nSPS) is 18.6. The molecule has 0 heterocycles. The van der Waals surface area contributed by atoms with Crippen LogP contribution >= 0.6 is 15.9 Å². The minimum Gasteiger partial charge on any atom is -0.489 e. The van der Waals surface area contributed by atoms with Crippen molar-refractivity contribution in [1.29, 1.82) is 0 Å². The SMILES string of the molecule is CCC(N)Cc1cccc(Br)c1OC1CCCCCC1. The molecule has 1 aromatic rings. The second kappa shape index (κ2) is 8.04. The van der Waals surface area contributed by atoms with Crippen molar-refractivity contribution >= 4 is 15.9 Å². The number of para-hydroxylation sites is 1. The number of halogens is 1. The van der Waals surface area contributed by atoms with Gasteiger partial charge in [-0.25, -0.2) is 0 Å². The van der Waals surface area contributed by atoms with E-state index in [1.165, 1.54) is 44.1 Å². The highest BCUT2D eigenvalue weighted by atomic mass is 79.9. The molecular weight excluding hydrogens is 314 g/mol. The molecule has 1 aliphatic rings. The second-order valence-electron chi connectivity index (χ2n) is 5.83. The first-order valence-electron chi connectivity index (χ1n) is 7.90. The van der Waals surface area contributed by atoms with Gasteiger partial charge in [0.1, 0.15) is 5.75 Å². The Labute approximate surface area is 131 Å². The minimum absolute atomic E-state index is 0.209. The average molecular weight is 340 g/mol. The fourth-order valence-corrected chi connectivity index (χ4v) is 3.30. The summed E-state index contributed by atoms with van der Waals surface area (Å²) >= 11 is 3.64. The van der Waals surface area contributed by atoms with Crippen LogP contribution in [0.3, 0.4) is 0 Å². The summed E-state index contributed by atoms with van der Waals surface area (Å²) in [7, 11) is 0. The predicted molar refractivity (Wildman–Crippen MR) is 88.2 cm³/mol. The van der Waals surface area contributed by atoms with E-state index in [0.29, 0.717) is 6.10 Å². The Hall–Kier alpha value is -0.540. The Bertz CT molecular complexity index is 413. The van der Waals surface area contributed by atoms with Gasteiger partial charge in [0.05, 0.1) is 10.6 Å². The molecular formula is C17H26BrNO. The van der Waals surface area contributed by atoms with Crippen molar-refractivity contribution in [3.63, 3.8) is 0 Å². The summed E-state index contributed by atoms with van der Waals surface area (Å²) in [5, 5.41) is 0. The fraction of sp³-hybridized carbons (Fsp3) is 0.647. The molecule has 2 rings (SSSR count). The molecule has 0 spiro atoms. The lowest BCUT2D eigenvalue weighted by atomic mass is 10.0. The number of benzene rings is 1. The van der Waals surface area contributed by atoms with E-state index in [2.05, 4.69) is 41.1 Å². The molecule has 1 aliphatic carbocycles. The van der Waals surface area contributed by atoms with Crippen LogP contribution in [0.2, 0.25) is 0 Å². The van der Waals surface area contributed by atoms with Gasteiger partial charge < -0.3 is 10.5 Å². The highest BCUT2D eigenvalue weighted by Gasteiger charge is 2.18. The van der Waals surface area contributed by atoms with Gasteiger partial charge in [0.25, 0.3) is 0 Å². The van der Waals surface area contributed by atoms with Crippen molar-refractivity contribution in [2.24, 2.45) is 5.73 Å². The molecule has 112 valence electrons. The monoisotopic (exact) mass is 339 g/mol. The predicted octanol–water partition coefficient (Wildman–Crippen LogP) is 4.83. The molecule has 3 heteroatoms. The molecule has 2 nitrogen and oxygen atoms in total. The number of rotatable bonds is 5. The molecule has 0 bridgehead atoms. The third-order valence-electron chi connectivity index (χ3n) is 4.14. The highest BCUT2D eigenvalue weighted by molar-refractivity contribution is 9.10. The molecule has 0 aliphatic heterocycles. The first kappa shape index (κ1) is 15.8. The standard InChI is InChI=1S/C17H26BrNO/c1-2-14(19)12-13-8-7-11-16(18)17(13)20-15-9-5-3-4-6-10-15/h7-8,11,14-15H,2-6,9-10,12,19H2,1H3. The van der Waals surface area contributed by atoms with Crippen molar-refractivity contribution in [1.82, 2.24) is 0 Å². The van der Waals surface area contributed by atoms with Crippen molar-refractivity contribution in [3.8, 4) is 5.75 Å². The number of ether oxygens (including phenoxy) is 1. The first-order chi connectivity index (χ1) is 9.70. The summed E-state index contributed by atoms with van der Waals surface area (Å²) in [4.78, 5) is 0. The van der Waals surface area contributed by atoms with Crippen LogP contribution in [-0.4, -0.2) is 12.1 Å². The van der Waals surface area contributed by atoms with Crippen LogP contribution in [0, 0.1) is 0 Å². The van der Waals surface area contributed by atoms with E-state index in [4.69, 9.17) is 10.5 Å². The lowest BCUT2D eigenvalue weighted by molar-refractivity contribution is 0.180. The number of hydrogen-bond donors (Lipinski definition) is 1. The summed E-state index contributed by atoms with van der Waals surface area (Å²) in [6.07, 6.45) is 9.90. The second-order valence-corrected chi connectivity index (χ2v) is 6.69. The van der Waals surface area contributed by atoms with Crippen LogP contribution in [0.15, 0.2) is 22.7 Å². The van der Waals surface area contributed by atoms with Crippen molar-refractivity contribution in [3.05, 3.63) is 28.2 Å². The maximum Gasteiger partial charge on any atom is 0.137 e. The average Bonchev–Trinajstić information content (AvgIpc) is 2.71. The van der Waals surface area contributed by atoms with Crippen LogP contribution < -0.4 is 10.5 Å². The summed E-state index contributed by atoms with van der Waals surface area (Å²) in [6.45, 7) is 2.13. The Morgan fingerprint density at radius 2 is 1.95 bits per heavy atom. The van der Waals surface area contributed by atoms with Crippen molar-refractivity contribution in [2.45, 2.75) is 70.4 Å². The van der Waals surface area contributed by atoms with E-state index >= 15 is 0 Å². The lowest BCUT2D eigenvalue weighted by Crippen LogP contribution is -2.23. The topological polar surface area (TPSA) is 35.2 Å². The maximum atomic E-state index is 6.34. The van der Waals surface area contributed by atoms with Gasteiger partial charge in [-0.2, -0.15) is 0 Å². The third kappa shape index (κ3) is 4.49. The molecule has 20 heavy (non-hydrogen) atoms. The third-order valence-corrected chi connectivity index (χ3v) is 4.77. The van der Waals surface area contributed by atoms with Gasteiger partial charge in [0.2, 0.25) is 0 Å². The molecule has 0 aromatic heterocycles. The molecule has 1 aromatic carbocycles. The molecule has 0 amide bonds. The Kier molecular flexibility index (Phi) is 6.37. The molecule has 1 saturated carbocycles. The quantitative estimate of drug-likeness (QED) is 0.779. The Morgan fingerprint density at radius 1 is 1.25 bits per heavy atom. The number of hydrogen-bond acceptors (Lipinski definition) is 2. The summed E-state index contributed by atoms with van der Waals surface area (Å²) in [5.74, 6) is 1.02. The summed E-state index contributed by atoms with van der Waals surface area (Å²) in [6, 6.07) is 6.49. The van der Waals surface area contributed by atoms with Gasteiger partial charge >= 0.3 is 0 Å². The van der Waals surface area contributed by atoms with Crippen molar-refractivity contribution in [2.75, 3.05) is 0 Å². The van der Waals surface area contributed by atoms with Crippen LogP contribution in [0.1, 0.15) is 57.4 Å². The summed E-state index contributed by atoms with van der Waals surface area (Å²) < 4.78 is 7.40.